The third-order valence-electron chi connectivity index (χ3n) is 1.12. The van der Waals surface area contributed by atoms with Crippen LogP contribution >= 0.6 is 0 Å². The average Bonchev–Trinajstić information content (AvgIpc) is 1.27. The van der Waals surface area contributed by atoms with Crippen molar-refractivity contribution >= 4 is 0 Å². The molecule has 2 heteroatoms. The Morgan fingerprint density at radius 2 is 2.29 bits per heavy atom. The lowest BCUT2D eigenvalue weighted by Gasteiger charge is -2.38. The van der Waals surface area contributed by atoms with E-state index < -0.39 is 5.79 Å². The second-order valence-corrected chi connectivity index (χ2v) is 2.31. The lowest BCUT2D eigenvalue weighted by atomic mass is 10.1. The summed E-state index contributed by atoms with van der Waals surface area (Å²) in [6, 6.07) is 0. The van der Waals surface area contributed by atoms with E-state index in [9.17, 15) is 0 Å². The smallest absolute Gasteiger partial charge is 0.165 e. The van der Waals surface area contributed by atoms with Gasteiger partial charge in [0.15, 0.2) is 5.79 Å². The molecule has 0 aromatic heterocycles. The van der Waals surface area contributed by atoms with Gasteiger partial charge >= 0.3 is 0 Å². The zero-order chi connectivity index (χ0) is 5.49. The fourth-order valence-electron chi connectivity index (χ4n) is 0.957. The van der Waals surface area contributed by atoms with Gasteiger partial charge in [-0.25, -0.2) is 0 Å². The van der Waals surface area contributed by atoms with Gasteiger partial charge in [0.2, 0.25) is 0 Å². The van der Waals surface area contributed by atoms with Crippen LogP contribution in [0.1, 0.15) is 20.3 Å². The lowest BCUT2D eigenvalue weighted by molar-refractivity contribution is -0.304. The van der Waals surface area contributed by atoms with Crippen molar-refractivity contribution in [2.75, 3.05) is 0 Å². The molecule has 0 radical (unpaired) electrons. The first-order valence-electron chi connectivity index (χ1n) is 2.50. The highest BCUT2D eigenvalue weighted by Gasteiger charge is 2.36. The molecule has 0 bridgehead atoms. The fourth-order valence-corrected chi connectivity index (χ4v) is 0.957. The van der Waals surface area contributed by atoms with Crippen LogP contribution in [-0.2, 0) is 4.74 Å². The summed E-state index contributed by atoms with van der Waals surface area (Å²) in [7, 11) is 0. The Kier molecular flexibility index (Phi) is 0.869. The van der Waals surface area contributed by atoms with Gasteiger partial charge in [-0.2, -0.15) is 0 Å². The second kappa shape index (κ2) is 1.20. The maximum Gasteiger partial charge on any atom is 0.165 e. The molecule has 1 N–H and O–H groups in total. The Morgan fingerprint density at radius 1 is 1.86 bits per heavy atom. The molecule has 42 valence electrons. The van der Waals surface area contributed by atoms with Crippen LogP contribution in [0.3, 0.4) is 0 Å². The van der Waals surface area contributed by atoms with E-state index in [1.807, 2.05) is 6.92 Å². The van der Waals surface area contributed by atoms with Crippen LogP contribution in [0.5, 0.6) is 0 Å². The minimum atomic E-state index is -0.806. The fraction of sp³-hybridized carbons (Fsp3) is 1.00. The standard InChI is InChI=1S/C5H10O2/c1-4-3-5(2,6)7-4/h4,6H,3H2,1-2H3. The van der Waals surface area contributed by atoms with Gasteiger partial charge in [0.05, 0.1) is 6.10 Å². The number of ether oxygens (including phenoxy) is 1. The Balaban J connectivity index is 2.29. The number of rotatable bonds is 0. The molecule has 1 aliphatic rings. The van der Waals surface area contributed by atoms with Gasteiger partial charge < -0.3 is 9.84 Å². The Labute approximate surface area is 43.1 Å². The second-order valence-electron chi connectivity index (χ2n) is 2.31. The predicted octanol–water partition coefficient (Wildman–Crippen LogP) is 0.504. The molecule has 0 amide bonds. The molecule has 2 atom stereocenters. The molecule has 0 aliphatic carbocycles. The molecule has 1 rings (SSSR count). The number of hydrogen-bond donors (Lipinski definition) is 1. The highest BCUT2D eigenvalue weighted by Crippen LogP contribution is 2.28. The molecule has 1 fully saturated rings. The van der Waals surface area contributed by atoms with E-state index in [0.29, 0.717) is 0 Å². The third kappa shape index (κ3) is 0.924. The summed E-state index contributed by atoms with van der Waals surface area (Å²) in [4.78, 5) is 0. The molecule has 0 aromatic carbocycles. The van der Waals surface area contributed by atoms with Gasteiger partial charge in [0.1, 0.15) is 0 Å². The van der Waals surface area contributed by atoms with Gasteiger partial charge in [-0.05, 0) is 13.8 Å². The Bertz CT molecular complexity index is 70.1. The maximum absolute atomic E-state index is 8.86. The molecule has 1 aliphatic heterocycles. The molecule has 1 saturated heterocycles. The number of aliphatic hydroxyl groups is 1. The SMILES string of the molecule is CC1CC(C)(O)O1. The summed E-state index contributed by atoms with van der Waals surface area (Å²) < 4.78 is 4.88. The van der Waals surface area contributed by atoms with Crippen molar-refractivity contribution in [1.82, 2.24) is 0 Å². The van der Waals surface area contributed by atoms with Crippen molar-refractivity contribution in [3.63, 3.8) is 0 Å². The third-order valence-corrected chi connectivity index (χ3v) is 1.12. The zero-order valence-corrected chi connectivity index (χ0v) is 4.64. The Hall–Kier alpha value is -0.0800. The molecular weight excluding hydrogens is 92.1 g/mol. The summed E-state index contributed by atoms with van der Waals surface area (Å²) in [6.07, 6.45) is 1.03. The molecule has 0 saturated carbocycles. The summed E-state index contributed by atoms with van der Waals surface area (Å²) in [5.74, 6) is -0.806. The highest BCUT2D eigenvalue weighted by molar-refractivity contribution is 4.75. The monoisotopic (exact) mass is 102 g/mol. The van der Waals surface area contributed by atoms with Gasteiger partial charge in [-0.15, -0.1) is 0 Å². The predicted molar refractivity (Wildman–Crippen MR) is 25.8 cm³/mol. The van der Waals surface area contributed by atoms with Crippen molar-refractivity contribution in [2.24, 2.45) is 0 Å². The van der Waals surface area contributed by atoms with E-state index in [4.69, 9.17) is 9.84 Å². The summed E-state index contributed by atoms with van der Waals surface area (Å²) >= 11 is 0. The maximum atomic E-state index is 8.86. The normalized spacial score (nSPS) is 51.0. The minimum absolute atomic E-state index is 0.259. The van der Waals surface area contributed by atoms with Gasteiger partial charge in [-0.3, -0.25) is 0 Å². The van der Waals surface area contributed by atoms with E-state index in [0.717, 1.165) is 6.42 Å². The van der Waals surface area contributed by atoms with Gasteiger partial charge in [0, 0.05) is 6.42 Å². The van der Waals surface area contributed by atoms with Crippen LogP contribution in [0.4, 0.5) is 0 Å². The van der Waals surface area contributed by atoms with Crippen LogP contribution in [0, 0.1) is 0 Å². The van der Waals surface area contributed by atoms with Crippen LogP contribution in [-0.4, -0.2) is 17.0 Å². The zero-order valence-electron chi connectivity index (χ0n) is 4.64. The average molecular weight is 102 g/mol. The topological polar surface area (TPSA) is 29.5 Å². The minimum Gasteiger partial charge on any atom is -0.366 e. The molecular formula is C5H10O2. The summed E-state index contributed by atoms with van der Waals surface area (Å²) in [6.45, 7) is 3.62. The molecule has 7 heavy (non-hydrogen) atoms. The van der Waals surface area contributed by atoms with Crippen molar-refractivity contribution < 1.29 is 9.84 Å². The first kappa shape index (κ1) is 5.06. The van der Waals surface area contributed by atoms with Crippen LogP contribution < -0.4 is 0 Å². The highest BCUT2D eigenvalue weighted by atomic mass is 16.7. The first-order valence-corrected chi connectivity index (χ1v) is 2.50. The van der Waals surface area contributed by atoms with E-state index in [1.165, 1.54) is 0 Å². The molecule has 0 spiro atoms. The number of hydrogen-bond acceptors (Lipinski definition) is 2. The van der Waals surface area contributed by atoms with Crippen LogP contribution in [0.25, 0.3) is 0 Å². The summed E-state index contributed by atoms with van der Waals surface area (Å²) in [5.41, 5.74) is 0. The van der Waals surface area contributed by atoms with E-state index in [-0.39, 0.29) is 6.10 Å². The lowest BCUT2D eigenvalue weighted by Crippen LogP contribution is -2.46. The molecule has 0 aromatic rings. The first-order chi connectivity index (χ1) is 3.10. The Morgan fingerprint density at radius 3 is 2.29 bits per heavy atom. The largest absolute Gasteiger partial charge is 0.366 e. The summed E-state index contributed by atoms with van der Waals surface area (Å²) in [5, 5.41) is 8.86. The van der Waals surface area contributed by atoms with Crippen LogP contribution in [0.2, 0.25) is 0 Å². The van der Waals surface area contributed by atoms with Crippen molar-refractivity contribution in [2.45, 2.75) is 32.2 Å². The molecule has 1 heterocycles. The van der Waals surface area contributed by atoms with E-state index in [1.54, 1.807) is 6.92 Å². The van der Waals surface area contributed by atoms with Gasteiger partial charge in [-0.1, -0.05) is 0 Å². The molecule has 2 nitrogen and oxygen atoms in total. The van der Waals surface area contributed by atoms with Crippen molar-refractivity contribution in [3.8, 4) is 0 Å². The van der Waals surface area contributed by atoms with E-state index >= 15 is 0 Å². The van der Waals surface area contributed by atoms with E-state index in [2.05, 4.69) is 0 Å². The van der Waals surface area contributed by atoms with Crippen molar-refractivity contribution in [1.29, 1.82) is 0 Å². The van der Waals surface area contributed by atoms with Gasteiger partial charge in [0.25, 0.3) is 0 Å². The van der Waals surface area contributed by atoms with Crippen molar-refractivity contribution in [3.05, 3.63) is 0 Å². The molecule has 2 unspecified atom stereocenters. The quantitative estimate of drug-likeness (QED) is 0.482. The van der Waals surface area contributed by atoms with Crippen LogP contribution in [0.15, 0.2) is 0 Å².